The summed E-state index contributed by atoms with van der Waals surface area (Å²) in [5.41, 5.74) is 1.07. The highest BCUT2D eigenvalue weighted by atomic mass is 16.5. The van der Waals surface area contributed by atoms with Crippen LogP contribution in [0.15, 0.2) is 42.5 Å². The van der Waals surface area contributed by atoms with E-state index in [1.807, 2.05) is 6.07 Å². The maximum atomic E-state index is 12.0. The predicted octanol–water partition coefficient (Wildman–Crippen LogP) is 2.52. The lowest BCUT2D eigenvalue weighted by Crippen LogP contribution is -2.21. The summed E-state index contributed by atoms with van der Waals surface area (Å²) >= 11 is 0. The third-order valence-electron chi connectivity index (χ3n) is 3.59. The Morgan fingerprint density at radius 3 is 2.73 bits per heavy atom. The number of anilines is 1. The summed E-state index contributed by atoms with van der Waals surface area (Å²) in [6, 6.07) is 13.1. The van der Waals surface area contributed by atoms with Gasteiger partial charge in [-0.25, -0.2) is 4.79 Å². The van der Waals surface area contributed by atoms with Crippen molar-refractivity contribution in [3.05, 3.63) is 53.6 Å². The Bertz CT molecular complexity index is 872. The van der Waals surface area contributed by atoms with Crippen molar-refractivity contribution in [2.24, 2.45) is 0 Å². The number of esters is 1. The summed E-state index contributed by atoms with van der Waals surface area (Å²) in [4.78, 5) is 23.9. The van der Waals surface area contributed by atoms with Crippen LogP contribution in [-0.4, -0.2) is 31.7 Å². The van der Waals surface area contributed by atoms with Gasteiger partial charge >= 0.3 is 5.97 Å². The second-order valence-corrected chi connectivity index (χ2v) is 5.53. The van der Waals surface area contributed by atoms with E-state index in [2.05, 4.69) is 5.32 Å². The number of ether oxygens (including phenoxy) is 3. The molecular weight excluding hydrogens is 336 g/mol. The first-order valence-electron chi connectivity index (χ1n) is 8.02. The zero-order chi connectivity index (χ0) is 18.4. The molecule has 0 saturated heterocycles. The van der Waals surface area contributed by atoms with Gasteiger partial charge in [-0.15, -0.1) is 0 Å². The van der Waals surface area contributed by atoms with Gasteiger partial charge in [-0.2, -0.15) is 5.26 Å². The summed E-state index contributed by atoms with van der Waals surface area (Å²) in [5, 5.41) is 11.5. The zero-order valence-corrected chi connectivity index (χ0v) is 13.9. The molecule has 7 nitrogen and oxygen atoms in total. The first kappa shape index (κ1) is 17.3. The quantitative estimate of drug-likeness (QED) is 0.849. The molecule has 0 saturated carbocycles. The summed E-state index contributed by atoms with van der Waals surface area (Å²) in [5.74, 6) is 0.0371. The molecule has 0 unspecified atom stereocenters. The average Bonchev–Trinajstić information content (AvgIpc) is 2.91. The molecule has 0 aromatic heterocycles. The molecule has 0 bridgehead atoms. The highest BCUT2D eigenvalue weighted by Gasteiger charge is 2.14. The summed E-state index contributed by atoms with van der Waals surface area (Å²) in [6.45, 7) is 0.690. The van der Waals surface area contributed by atoms with E-state index in [0.717, 1.165) is 6.42 Å². The van der Waals surface area contributed by atoms with Gasteiger partial charge in [-0.05, 0) is 30.3 Å². The normalized spacial score (nSPS) is 12.4. The lowest BCUT2D eigenvalue weighted by Gasteiger charge is -2.10. The molecule has 1 N–H and O–H groups in total. The summed E-state index contributed by atoms with van der Waals surface area (Å²) in [6.07, 6.45) is 0.791. The molecular formula is C19H16N2O5. The molecule has 0 fully saturated rings. The van der Waals surface area contributed by atoms with E-state index in [4.69, 9.17) is 19.5 Å². The van der Waals surface area contributed by atoms with Crippen LogP contribution < -0.4 is 14.8 Å². The minimum absolute atomic E-state index is 0.215. The Balaban J connectivity index is 1.56. The topological polar surface area (TPSA) is 97.7 Å². The van der Waals surface area contributed by atoms with Crippen molar-refractivity contribution in [2.75, 3.05) is 25.1 Å². The lowest BCUT2D eigenvalue weighted by atomic mass is 10.1. The van der Waals surface area contributed by atoms with Gasteiger partial charge in [0.25, 0.3) is 5.91 Å². The summed E-state index contributed by atoms with van der Waals surface area (Å²) in [7, 11) is 0. The van der Waals surface area contributed by atoms with Crippen molar-refractivity contribution in [1.29, 1.82) is 5.26 Å². The number of rotatable bonds is 4. The molecule has 1 heterocycles. The molecule has 26 heavy (non-hydrogen) atoms. The van der Waals surface area contributed by atoms with Crippen molar-refractivity contribution < 1.29 is 23.8 Å². The minimum Gasteiger partial charge on any atom is -0.490 e. The van der Waals surface area contributed by atoms with E-state index < -0.39 is 18.5 Å². The van der Waals surface area contributed by atoms with E-state index in [0.29, 0.717) is 36.0 Å². The van der Waals surface area contributed by atoms with Gasteiger partial charge in [-0.3, -0.25) is 4.79 Å². The molecule has 0 atom stereocenters. The molecule has 0 radical (unpaired) electrons. The molecule has 2 aromatic carbocycles. The first-order chi connectivity index (χ1) is 12.7. The van der Waals surface area contributed by atoms with Crippen LogP contribution in [0.1, 0.15) is 22.3 Å². The number of nitrogens with one attached hydrogen (secondary N) is 1. The Morgan fingerprint density at radius 1 is 1.12 bits per heavy atom. The van der Waals surface area contributed by atoms with Crippen LogP contribution >= 0.6 is 0 Å². The Hall–Kier alpha value is -3.53. The smallest absolute Gasteiger partial charge is 0.338 e. The number of carbonyl (C=O) groups is 2. The van der Waals surface area contributed by atoms with Gasteiger partial charge in [0, 0.05) is 18.2 Å². The maximum absolute atomic E-state index is 12.0. The molecule has 7 heteroatoms. The van der Waals surface area contributed by atoms with Crippen LogP contribution in [0.2, 0.25) is 0 Å². The van der Waals surface area contributed by atoms with Crippen LogP contribution in [0.5, 0.6) is 11.5 Å². The fourth-order valence-corrected chi connectivity index (χ4v) is 2.37. The molecule has 132 valence electrons. The largest absolute Gasteiger partial charge is 0.490 e. The number of benzene rings is 2. The predicted molar refractivity (Wildman–Crippen MR) is 92.1 cm³/mol. The van der Waals surface area contributed by atoms with Crippen molar-refractivity contribution >= 4 is 17.6 Å². The molecule has 0 aliphatic carbocycles. The molecule has 3 rings (SSSR count). The Kier molecular flexibility index (Phi) is 5.34. The standard InChI is InChI=1S/C19H16N2O5/c20-11-13-3-1-4-14(9-13)19(23)26-12-18(22)21-15-5-6-16-17(10-15)25-8-2-7-24-16/h1,3-6,9-10H,2,7-8,12H2,(H,21,22). The SMILES string of the molecule is N#Cc1cccc(C(=O)OCC(=O)Nc2ccc3c(c2)OCCCO3)c1. The number of amides is 1. The van der Waals surface area contributed by atoms with Crippen LogP contribution in [0.3, 0.4) is 0 Å². The van der Waals surface area contributed by atoms with Crippen molar-refractivity contribution in [3.8, 4) is 17.6 Å². The molecule has 1 aliphatic heterocycles. The van der Waals surface area contributed by atoms with Gasteiger partial charge in [0.15, 0.2) is 18.1 Å². The second kappa shape index (κ2) is 8.03. The van der Waals surface area contributed by atoms with Crippen LogP contribution in [0.25, 0.3) is 0 Å². The molecule has 1 amide bonds. The highest BCUT2D eigenvalue weighted by Crippen LogP contribution is 2.32. The Labute approximate surface area is 150 Å². The lowest BCUT2D eigenvalue weighted by molar-refractivity contribution is -0.119. The molecule has 2 aromatic rings. The van der Waals surface area contributed by atoms with Crippen LogP contribution in [-0.2, 0) is 9.53 Å². The number of hydrogen-bond donors (Lipinski definition) is 1. The van der Waals surface area contributed by atoms with Crippen LogP contribution in [0.4, 0.5) is 5.69 Å². The van der Waals surface area contributed by atoms with Gasteiger partial charge in [-0.1, -0.05) is 6.07 Å². The van der Waals surface area contributed by atoms with Crippen molar-refractivity contribution in [2.45, 2.75) is 6.42 Å². The number of fused-ring (bicyclic) bond motifs is 1. The van der Waals surface area contributed by atoms with E-state index in [1.165, 1.54) is 12.1 Å². The molecule has 1 aliphatic rings. The average molecular weight is 352 g/mol. The maximum Gasteiger partial charge on any atom is 0.338 e. The Morgan fingerprint density at radius 2 is 1.92 bits per heavy atom. The van der Waals surface area contributed by atoms with Crippen molar-refractivity contribution in [3.63, 3.8) is 0 Å². The van der Waals surface area contributed by atoms with E-state index in [1.54, 1.807) is 30.3 Å². The van der Waals surface area contributed by atoms with E-state index in [-0.39, 0.29) is 5.56 Å². The van der Waals surface area contributed by atoms with Gasteiger partial charge in [0.05, 0.1) is 30.4 Å². The number of carbonyl (C=O) groups excluding carboxylic acids is 2. The van der Waals surface area contributed by atoms with Crippen molar-refractivity contribution in [1.82, 2.24) is 0 Å². The van der Waals surface area contributed by atoms with Gasteiger partial charge in [0.2, 0.25) is 0 Å². The van der Waals surface area contributed by atoms with E-state index in [9.17, 15) is 9.59 Å². The highest BCUT2D eigenvalue weighted by molar-refractivity contribution is 5.95. The van der Waals surface area contributed by atoms with Gasteiger partial charge in [0.1, 0.15) is 0 Å². The number of nitrogens with zero attached hydrogens (tertiary/aromatic N) is 1. The second-order valence-electron chi connectivity index (χ2n) is 5.53. The minimum atomic E-state index is -0.670. The third kappa shape index (κ3) is 4.30. The summed E-state index contributed by atoms with van der Waals surface area (Å²) < 4.78 is 16.1. The van der Waals surface area contributed by atoms with Crippen LogP contribution in [0, 0.1) is 11.3 Å². The number of hydrogen-bond acceptors (Lipinski definition) is 6. The first-order valence-corrected chi connectivity index (χ1v) is 8.02. The molecule has 0 spiro atoms. The van der Waals surface area contributed by atoms with E-state index >= 15 is 0 Å². The van der Waals surface area contributed by atoms with Gasteiger partial charge < -0.3 is 19.5 Å². The zero-order valence-electron chi connectivity index (χ0n) is 13.9. The fourth-order valence-electron chi connectivity index (χ4n) is 2.37. The third-order valence-corrected chi connectivity index (χ3v) is 3.59. The monoisotopic (exact) mass is 352 g/mol. The number of nitriles is 1. The fraction of sp³-hybridized carbons (Fsp3) is 0.211.